The molecule has 0 bridgehead atoms. The maximum absolute atomic E-state index is 6.00. The maximum Gasteiger partial charge on any atom is 0.174 e. The molecular weight excluding hydrogens is 322 g/mol. The zero-order valence-electron chi connectivity index (χ0n) is 9.37. The molecular formula is C12H13BrClNOS. The second-order valence-corrected chi connectivity index (χ2v) is 6.15. The molecule has 5 heteroatoms. The molecule has 0 aliphatic heterocycles. The lowest BCUT2D eigenvalue weighted by atomic mass is 10.1. The van der Waals surface area contributed by atoms with Gasteiger partial charge in [-0.05, 0) is 47.1 Å². The van der Waals surface area contributed by atoms with E-state index in [9.17, 15) is 0 Å². The molecule has 2 aromatic rings. The predicted octanol–water partition coefficient (Wildman–Crippen LogP) is 4.85. The number of thiophene rings is 1. The first kappa shape index (κ1) is 13.1. The molecule has 0 saturated carbocycles. The lowest BCUT2D eigenvalue weighted by Gasteiger charge is -2.16. The standard InChI is InChI=1S/C12H13BrClNOS/c1-2-6-15-11(8-5-7-16-12(8)13)9-3-4-10(14)17-9/h3-5,7,11,15H,2,6H2,1H3. The Kier molecular flexibility index (Phi) is 4.68. The summed E-state index contributed by atoms with van der Waals surface area (Å²) in [7, 11) is 0. The van der Waals surface area contributed by atoms with E-state index >= 15 is 0 Å². The van der Waals surface area contributed by atoms with Crippen molar-refractivity contribution in [2.45, 2.75) is 19.4 Å². The molecule has 2 rings (SSSR count). The van der Waals surface area contributed by atoms with Crippen molar-refractivity contribution >= 4 is 38.9 Å². The highest BCUT2D eigenvalue weighted by molar-refractivity contribution is 9.10. The first-order chi connectivity index (χ1) is 8.22. The summed E-state index contributed by atoms with van der Waals surface area (Å²) in [5, 5.41) is 3.50. The van der Waals surface area contributed by atoms with Crippen molar-refractivity contribution in [3.8, 4) is 0 Å². The van der Waals surface area contributed by atoms with E-state index in [1.54, 1.807) is 17.6 Å². The van der Waals surface area contributed by atoms with Gasteiger partial charge >= 0.3 is 0 Å². The Labute approximate surface area is 118 Å². The van der Waals surface area contributed by atoms with Crippen LogP contribution < -0.4 is 5.32 Å². The largest absolute Gasteiger partial charge is 0.457 e. The van der Waals surface area contributed by atoms with Gasteiger partial charge < -0.3 is 9.73 Å². The molecule has 0 fully saturated rings. The molecule has 1 N–H and O–H groups in total. The van der Waals surface area contributed by atoms with E-state index in [0.717, 1.165) is 27.5 Å². The van der Waals surface area contributed by atoms with Gasteiger partial charge in [0.1, 0.15) is 0 Å². The second-order valence-electron chi connectivity index (χ2n) is 3.68. The average Bonchev–Trinajstić information content (AvgIpc) is 2.90. The van der Waals surface area contributed by atoms with E-state index in [4.69, 9.17) is 16.0 Å². The van der Waals surface area contributed by atoms with Crippen LogP contribution in [0.1, 0.15) is 29.8 Å². The van der Waals surface area contributed by atoms with E-state index in [2.05, 4.69) is 34.2 Å². The van der Waals surface area contributed by atoms with E-state index < -0.39 is 0 Å². The van der Waals surface area contributed by atoms with Gasteiger partial charge in [-0.1, -0.05) is 18.5 Å². The van der Waals surface area contributed by atoms with Gasteiger partial charge in [0, 0.05) is 10.4 Å². The number of hydrogen-bond acceptors (Lipinski definition) is 3. The highest BCUT2D eigenvalue weighted by atomic mass is 79.9. The average molecular weight is 335 g/mol. The van der Waals surface area contributed by atoms with Crippen LogP contribution in [0.4, 0.5) is 0 Å². The normalized spacial score (nSPS) is 12.9. The molecule has 0 aromatic carbocycles. The fourth-order valence-corrected chi connectivity index (χ4v) is 3.27. The van der Waals surface area contributed by atoms with Crippen LogP contribution in [-0.4, -0.2) is 6.54 Å². The molecule has 1 atom stereocenters. The Morgan fingerprint density at radius 2 is 2.29 bits per heavy atom. The molecule has 17 heavy (non-hydrogen) atoms. The number of hydrogen-bond donors (Lipinski definition) is 1. The van der Waals surface area contributed by atoms with Gasteiger partial charge in [-0.3, -0.25) is 0 Å². The summed E-state index contributed by atoms with van der Waals surface area (Å²) in [4.78, 5) is 1.20. The zero-order chi connectivity index (χ0) is 12.3. The van der Waals surface area contributed by atoms with Gasteiger partial charge in [-0.2, -0.15) is 0 Å². The Morgan fingerprint density at radius 1 is 1.47 bits per heavy atom. The van der Waals surface area contributed by atoms with Crippen molar-refractivity contribution in [1.82, 2.24) is 5.32 Å². The topological polar surface area (TPSA) is 25.2 Å². The minimum absolute atomic E-state index is 0.139. The van der Waals surface area contributed by atoms with Crippen molar-refractivity contribution < 1.29 is 4.42 Å². The zero-order valence-corrected chi connectivity index (χ0v) is 12.5. The summed E-state index contributed by atoms with van der Waals surface area (Å²) in [5.41, 5.74) is 1.11. The number of furan rings is 1. The fourth-order valence-electron chi connectivity index (χ4n) is 1.65. The number of rotatable bonds is 5. The first-order valence-corrected chi connectivity index (χ1v) is 7.42. The molecule has 0 amide bonds. The van der Waals surface area contributed by atoms with E-state index in [1.165, 1.54) is 4.88 Å². The number of nitrogens with one attached hydrogen (secondary N) is 1. The van der Waals surface area contributed by atoms with Gasteiger partial charge in [0.25, 0.3) is 0 Å². The Balaban J connectivity index is 2.28. The van der Waals surface area contributed by atoms with Crippen molar-refractivity contribution in [2.75, 3.05) is 6.54 Å². The lowest BCUT2D eigenvalue weighted by molar-refractivity contribution is 0.525. The molecule has 2 heterocycles. The third-order valence-corrected chi connectivity index (χ3v) is 4.37. The third-order valence-electron chi connectivity index (χ3n) is 2.43. The quantitative estimate of drug-likeness (QED) is 0.846. The van der Waals surface area contributed by atoms with Gasteiger partial charge in [-0.15, -0.1) is 11.3 Å². The smallest absolute Gasteiger partial charge is 0.174 e. The van der Waals surface area contributed by atoms with E-state index in [-0.39, 0.29) is 6.04 Å². The second kappa shape index (κ2) is 6.05. The minimum Gasteiger partial charge on any atom is -0.457 e. The molecule has 2 aromatic heterocycles. The van der Waals surface area contributed by atoms with Crippen LogP contribution in [0.15, 0.2) is 33.5 Å². The molecule has 1 unspecified atom stereocenters. The molecule has 2 nitrogen and oxygen atoms in total. The highest BCUT2D eigenvalue weighted by Gasteiger charge is 2.19. The Morgan fingerprint density at radius 3 is 2.82 bits per heavy atom. The predicted molar refractivity (Wildman–Crippen MR) is 75.9 cm³/mol. The van der Waals surface area contributed by atoms with Gasteiger partial charge in [-0.25, -0.2) is 0 Å². The van der Waals surface area contributed by atoms with Crippen molar-refractivity contribution in [2.24, 2.45) is 0 Å². The summed E-state index contributed by atoms with van der Waals surface area (Å²) in [6.07, 6.45) is 2.78. The summed E-state index contributed by atoms with van der Waals surface area (Å²) in [6.45, 7) is 3.10. The van der Waals surface area contributed by atoms with Crippen molar-refractivity contribution in [1.29, 1.82) is 0 Å². The van der Waals surface area contributed by atoms with Gasteiger partial charge in [0.2, 0.25) is 0 Å². The lowest BCUT2D eigenvalue weighted by Crippen LogP contribution is -2.22. The third kappa shape index (κ3) is 3.13. The molecule has 0 saturated heterocycles. The summed E-state index contributed by atoms with van der Waals surface area (Å²) < 4.78 is 6.88. The molecule has 92 valence electrons. The SMILES string of the molecule is CCCNC(c1ccc(Cl)s1)c1ccoc1Br. The molecule has 0 radical (unpaired) electrons. The van der Waals surface area contributed by atoms with Crippen LogP contribution >= 0.6 is 38.9 Å². The van der Waals surface area contributed by atoms with Crippen LogP contribution in [0, 0.1) is 0 Å². The van der Waals surface area contributed by atoms with E-state index in [0.29, 0.717) is 0 Å². The number of halogens is 2. The molecule has 0 aliphatic carbocycles. The minimum atomic E-state index is 0.139. The highest BCUT2D eigenvalue weighted by Crippen LogP contribution is 2.34. The fraction of sp³-hybridized carbons (Fsp3) is 0.333. The first-order valence-electron chi connectivity index (χ1n) is 5.44. The summed E-state index contributed by atoms with van der Waals surface area (Å²) in [5.74, 6) is 0. The summed E-state index contributed by atoms with van der Waals surface area (Å²) >= 11 is 11.0. The maximum atomic E-state index is 6.00. The van der Waals surface area contributed by atoms with Crippen LogP contribution in [-0.2, 0) is 0 Å². The summed E-state index contributed by atoms with van der Waals surface area (Å²) in [6, 6.07) is 6.10. The monoisotopic (exact) mass is 333 g/mol. The van der Waals surface area contributed by atoms with Crippen LogP contribution in [0.5, 0.6) is 0 Å². The van der Waals surface area contributed by atoms with Crippen molar-refractivity contribution in [3.05, 3.63) is 43.9 Å². The van der Waals surface area contributed by atoms with Gasteiger partial charge in [0.05, 0.1) is 16.6 Å². The van der Waals surface area contributed by atoms with Crippen molar-refractivity contribution in [3.63, 3.8) is 0 Å². The van der Waals surface area contributed by atoms with E-state index in [1.807, 2.05) is 12.1 Å². The van der Waals surface area contributed by atoms with Crippen LogP contribution in [0.3, 0.4) is 0 Å². The van der Waals surface area contributed by atoms with Crippen LogP contribution in [0.25, 0.3) is 0 Å². The Hall–Kier alpha value is -0.290. The van der Waals surface area contributed by atoms with Crippen LogP contribution in [0.2, 0.25) is 4.34 Å². The molecule has 0 spiro atoms. The molecule has 0 aliphatic rings. The Bertz CT molecular complexity index is 482. The van der Waals surface area contributed by atoms with Gasteiger partial charge in [0.15, 0.2) is 4.67 Å².